The number of H-pyrrole nitrogens is 1. The lowest BCUT2D eigenvalue weighted by molar-refractivity contribution is 0.0996. The Balaban J connectivity index is 2.86. The van der Waals surface area contributed by atoms with Gasteiger partial charge in [0, 0.05) is 10.9 Å². The first kappa shape index (κ1) is 9.26. The summed E-state index contributed by atoms with van der Waals surface area (Å²) in [5.41, 5.74) is 11.9. The summed E-state index contributed by atoms with van der Waals surface area (Å²) in [7, 11) is 0. The number of benzene rings is 1. The molecule has 76 valence electrons. The largest absolute Gasteiger partial charge is 0.384 e. The molecule has 0 radical (unpaired) electrons. The maximum absolute atomic E-state index is 11.1. The third-order valence-electron chi connectivity index (χ3n) is 2.22. The molecule has 0 aliphatic carbocycles. The van der Waals surface area contributed by atoms with E-state index >= 15 is 0 Å². The van der Waals surface area contributed by atoms with Crippen LogP contribution >= 0.6 is 0 Å². The Hall–Kier alpha value is -2.30. The smallest absolute Gasteiger partial charge is 0.265 e. The van der Waals surface area contributed by atoms with Crippen LogP contribution in [0.25, 0.3) is 10.9 Å². The van der Waals surface area contributed by atoms with Crippen molar-refractivity contribution >= 4 is 22.6 Å². The molecular weight excluding hydrogens is 192 g/mol. The van der Waals surface area contributed by atoms with Crippen molar-refractivity contribution in [3.8, 4) is 0 Å². The van der Waals surface area contributed by atoms with E-state index in [4.69, 9.17) is 16.9 Å². The molecule has 5 heteroatoms. The zero-order valence-electron chi connectivity index (χ0n) is 7.87. The minimum Gasteiger partial charge on any atom is -0.384 e. The standard InChI is InChI=1S/C10H10N4O/c11-9(12)7-5-3-1-2-4-6(5)14-8(7)10(13)15/h1-4,14H,(H3,11,12)(H2,13,15). The van der Waals surface area contributed by atoms with E-state index in [2.05, 4.69) is 4.98 Å². The maximum Gasteiger partial charge on any atom is 0.265 e. The number of hydrogen-bond acceptors (Lipinski definition) is 2. The molecule has 1 aromatic heterocycles. The number of nitrogen functional groups attached to an aromatic ring is 1. The second-order valence-corrected chi connectivity index (χ2v) is 3.20. The summed E-state index contributed by atoms with van der Waals surface area (Å²) in [6, 6.07) is 7.23. The van der Waals surface area contributed by atoms with Crippen LogP contribution in [0, 0.1) is 5.41 Å². The van der Waals surface area contributed by atoms with Gasteiger partial charge in [-0.25, -0.2) is 0 Å². The molecule has 0 fully saturated rings. The number of amidine groups is 1. The van der Waals surface area contributed by atoms with Gasteiger partial charge in [-0.2, -0.15) is 0 Å². The van der Waals surface area contributed by atoms with Gasteiger partial charge < -0.3 is 16.5 Å². The van der Waals surface area contributed by atoms with Crippen molar-refractivity contribution in [3.63, 3.8) is 0 Å². The number of hydrogen-bond donors (Lipinski definition) is 4. The van der Waals surface area contributed by atoms with Gasteiger partial charge in [0.25, 0.3) is 5.91 Å². The summed E-state index contributed by atoms with van der Waals surface area (Å²) < 4.78 is 0. The Morgan fingerprint density at radius 2 is 1.93 bits per heavy atom. The van der Waals surface area contributed by atoms with Crippen LogP contribution in [0.4, 0.5) is 0 Å². The van der Waals surface area contributed by atoms with Gasteiger partial charge in [0.2, 0.25) is 0 Å². The number of aromatic amines is 1. The van der Waals surface area contributed by atoms with Gasteiger partial charge in [0.1, 0.15) is 11.5 Å². The average Bonchev–Trinajstić information content (AvgIpc) is 2.56. The lowest BCUT2D eigenvalue weighted by Gasteiger charge is -1.97. The second kappa shape index (κ2) is 3.13. The van der Waals surface area contributed by atoms with Gasteiger partial charge in [-0.05, 0) is 6.07 Å². The fraction of sp³-hybridized carbons (Fsp3) is 0. The van der Waals surface area contributed by atoms with E-state index in [1.165, 1.54) is 0 Å². The van der Waals surface area contributed by atoms with E-state index in [-0.39, 0.29) is 11.5 Å². The molecule has 15 heavy (non-hydrogen) atoms. The zero-order chi connectivity index (χ0) is 11.0. The van der Waals surface area contributed by atoms with Crippen molar-refractivity contribution in [2.75, 3.05) is 0 Å². The number of carbonyl (C=O) groups is 1. The highest BCUT2D eigenvalue weighted by molar-refractivity contribution is 6.15. The Morgan fingerprint density at radius 1 is 1.27 bits per heavy atom. The molecule has 0 bridgehead atoms. The van der Waals surface area contributed by atoms with Crippen molar-refractivity contribution in [3.05, 3.63) is 35.5 Å². The van der Waals surface area contributed by atoms with Gasteiger partial charge in [-0.3, -0.25) is 10.2 Å². The topological polar surface area (TPSA) is 109 Å². The molecule has 2 rings (SSSR count). The lowest BCUT2D eigenvalue weighted by Crippen LogP contribution is -2.19. The minimum atomic E-state index is -0.614. The highest BCUT2D eigenvalue weighted by Gasteiger charge is 2.16. The van der Waals surface area contributed by atoms with Crippen LogP contribution in [0.1, 0.15) is 16.1 Å². The van der Waals surface area contributed by atoms with Crippen LogP contribution < -0.4 is 11.5 Å². The van der Waals surface area contributed by atoms with E-state index in [1.807, 2.05) is 12.1 Å². The number of aromatic nitrogens is 1. The van der Waals surface area contributed by atoms with Crippen LogP contribution in [0.3, 0.4) is 0 Å². The molecule has 0 aliphatic heterocycles. The number of nitrogens with one attached hydrogen (secondary N) is 2. The molecule has 1 amide bonds. The SMILES string of the molecule is N=C(N)c1c(C(N)=O)[nH]c2ccccc12. The van der Waals surface area contributed by atoms with Crippen molar-refractivity contribution in [2.45, 2.75) is 0 Å². The average molecular weight is 202 g/mol. The molecule has 1 heterocycles. The maximum atomic E-state index is 11.1. The number of fused-ring (bicyclic) bond motifs is 1. The monoisotopic (exact) mass is 202 g/mol. The number of carbonyl (C=O) groups excluding carboxylic acids is 1. The molecular formula is C10H10N4O. The molecule has 0 saturated carbocycles. The molecule has 0 aliphatic rings. The minimum absolute atomic E-state index is 0.166. The Morgan fingerprint density at radius 3 is 2.53 bits per heavy atom. The van der Waals surface area contributed by atoms with Gasteiger partial charge in [-0.15, -0.1) is 0 Å². The summed E-state index contributed by atoms with van der Waals surface area (Å²) in [5.74, 6) is -0.780. The molecule has 0 spiro atoms. The van der Waals surface area contributed by atoms with Crippen LogP contribution in [-0.2, 0) is 0 Å². The Kier molecular flexibility index (Phi) is 1.93. The van der Waals surface area contributed by atoms with E-state index in [0.29, 0.717) is 5.56 Å². The first-order valence-electron chi connectivity index (χ1n) is 4.36. The summed E-state index contributed by atoms with van der Waals surface area (Å²) in [5, 5.41) is 8.15. The van der Waals surface area contributed by atoms with Crippen molar-refractivity contribution in [1.82, 2.24) is 4.98 Å². The fourth-order valence-electron chi connectivity index (χ4n) is 1.61. The van der Waals surface area contributed by atoms with E-state index in [1.54, 1.807) is 12.1 Å². The van der Waals surface area contributed by atoms with Crippen molar-refractivity contribution in [1.29, 1.82) is 5.41 Å². The Labute approximate surface area is 85.6 Å². The second-order valence-electron chi connectivity index (χ2n) is 3.20. The summed E-state index contributed by atoms with van der Waals surface area (Å²) >= 11 is 0. The number of primary amides is 1. The van der Waals surface area contributed by atoms with E-state index < -0.39 is 5.91 Å². The first-order chi connectivity index (χ1) is 7.11. The van der Waals surface area contributed by atoms with E-state index in [0.717, 1.165) is 10.9 Å². The first-order valence-corrected chi connectivity index (χ1v) is 4.36. The molecule has 6 N–H and O–H groups in total. The molecule has 0 atom stereocenters. The van der Waals surface area contributed by atoms with Crippen LogP contribution in [-0.4, -0.2) is 16.7 Å². The van der Waals surface area contributed by atoms with E-state index in [9.17, 15) is 4.79 Å². The number of nitrogens with two attached hydrogens (primary N) is 2. The Bertz CT molecular complexity index is 556. The lowest BCUT2D eigenvalue weighted by atomic mass is 10.1. The van der Waals surface area contributed by atoms with Gasteiger partial charge in [-0.1, -0.05) is 18.2 Å². The zero-order valence-corrected chi connectivity index (χ0v) is 7.87. The van der Waals surface area contributed by atoms with Crippen molar-refractivity contribution < 1.29 is 4.79 Å². The quantitative estimate of drug-likeness (QED) is 0.421. The highest BCUT2D eigenvalue weighted by Crippen LogP contribution is 2.21. The predicted molar refractivity (Wildman–Crippen MR) is 57.8 cm³/mol. The van der Waals surface area contributed by atoms with Crippen LogP contribution in [0.5, 0.6) is 0 Å². The molecule has 2 aromatic rings. The number of amides is 1. The van der Waals surface area contributed by atoms with Crippen LogP contribution in [0.2, 0.25) is 0 Å². The fourth-order valence-corrected chi connectivity index (χ4v) is 1.61. The summed E-state index contributed by atoms with van der Waals surface area (Å²) in [6.45, 7) is 0. The highest BCUT2D eigenvalue weighted by atomic mass is 16.1. The predicted octanol–water partition coefficient (Wildman–Crippen LogP) is 0.551. The summed E-state index contributed by atoms with van der Waals surface area (Å²) in [6.07, 6.45) is 0. The van der Waals surface area contributed by atoms with Gasteiger partial charge in [0.15, 0.2) is 0 Å². The normalized spacial score (nSPS) is 10.4. The molecule has 1 aromatic carbocycles. The molecule has 5 nitrogen and oxygen atoms in total. The molecule has 0 saturated heterocycles. The number of para-hydroxylation sites is 1. The van der Waals surface area contributed by atoms with Crippen LogP contribution in [0.15, 0.2) is 24.3 Å². The third kappa shape index (κ3) is 1.34. The van der Waals surface area contributed by atoms with Gasteiger partial charge >= 0.3 is 0 Å². The van der Waals surface area contributed by atoms with Crippen molar-refractivity contribution in [2.24, 2.45) is 11.5 Å². The van der Waals surface area contributed by atoms with Gasteiger partial charge in [0.05, 0.1) is 5.56 Å². The number of rotatable bonds is 2. The molecule has 0 unspecified atom stereocenters. The third-order valence-corrected chi connectivity index (χ3v) is 2.22. The summed E-state index contributed by atoms with van der Waals surface area (Å²) in [4.78, 5) is 14.0.